The fourth-order valence-electron chi connectivity index (χ4n) is 2.05. The number of thioether (sulfide) groups is 1. The van der Waals surface area contributed by atoms with E-state index < -0.39 is 29.6 Å². The fraction of sp³-hybridized carbons (Fsp3) is 0.500. The highest BCUT2D eigenvalue weighted by Crippen LogP contribution is 2.31. The third-order valence-electron chi connectivity index (χ3n) is 3.42. The van der Waals surface area contributed by atoms with Crippen molar-refractivity contribution in [2.24, 2.45) is 0 Å². The van der Waals surface area contributed by atoms with E-state index in [1.165, 1.54) is 6.07 Å². The SMILES string of the molecule is O=C(NCC1(O)CCC1)Nc1cc(F)ccc1SCC(F)F. The molecule has 1 aromatic carbocycles. The Morgan fingerprint density at radius 1 is 1.41 bits per heavy atom. The zero-order valence-electron chi connectivity index (χ0n) is 11.7. The molecule has 3 N–H and O–H groups in total. The maximum atomic E-state index is 13.3. The number of hydrogen-bond acceptors (Lipinski definition) is 3. The third-order valence-corrected chi connectivity index (χ3v) is 4.50. The standard InChI is InChI=1S/C14H17F3N2O2S/c15-9-2-3-11(22-7-12(16)17)10(6-9)19-13(20)18-8-14(21)4-1-5-14/h2-3,6,12,21H,1,4-5,7-8H2,(H2,18,19,20). The Balaban J connectivity index is 1.94. The summed E-state index contributed by atoms with van der Waals surface area (Å²) in [5.74, 6) is -1.02. The van der Waals surface area contributed by atoms with Crippen molar-refractivity contribution >= 4 is 23.5 Å². The summed E-state index contributed by atoms with van der Waals surface area (Å²) < 4.78 is 37.8. The second-order valence-electron chi connectivity index (χ2n) is 5.23. The molecule has 1 aromatic rings. The quantitative estimate of drug-likeness (QED) is 0.700. The second kappa shape index (κ2) is 7.23. The second-order valence-corrected chi connectivity index (χ2v) is 6.29. The number of aliphatic hydroxyl groups is 1. The van der Waals surface area contributed by atoms with E-state index in [4.69, 9.17) is 0 Å². The number of rotatable bonds is 6. The molecule has 0 unspecified atom stereocenters. The van der Waals surface area contributed by atoms with Gasteiger partial charge in [0, 0.05) is 11.4 Å². The van der Waals surface area contributed by atoms with Crippen LogP contribution in [0.5, 0.6) is 0 Å². The average molecular weight is 334 g/mol. The summed E-state index contributed by atoms with van der Waals surface area (Å²) in [7, 11) is 0. The van der Waals surface area contributed by atoms with E-state index in [2.05, 4.69) is 10.6 Å². The monoisotopic (exact) mass is 334 g/mol. The Kier molecular flexibility index (Phi) is 5.57. The minimum absolute atomic E-state index is 0.105. The lowest BCUT2D eigenvalue weighted by molar-refractivity contribution is -0.0287. The van der Waals surface area contributed by atoms with Crippen molar-refractivity contribution in [3.63, 3.8) is 0 Å². The summed E-state index contributed by atoms with van der Waals surface area (Å²) >= 11 is 0.837. The molecule has 1 aliphatic rings. The van der Waals surface area contributed by atoms with Crippen LogP contribution in [0.25, 0.3) is 0 Å². The molecule has 0 spiro atoms. The number of carbonyl (C=O) groups excluding carboxylic acids is 1. The van der Waals surface area contributed by atoms with Crippen LogP contribution in [-0.4, -0.2) is 35.5 Å². The lowest BCUT2D eigenvalue weighted by atomic mass is 9.80. The van der Waals surface area contributed by atoms with Gasteiger partial charge in [0.05, 0.1) is 17.0 Å². The van der Waals surface area contributed by atoms with Crippen LogP contribution < -0.4 is 10.6 Å². The van der Waals surface area contributed by atoms with Crippen molar-refractivity contribution in [1.29, 1.82) is 0 Å². The Labute approximate surface area is 130 Å². The molecular formula is C14H17F3N2O2S. The van der Waals surface area contributed by atoms with Gasteiger partial charge in [0.1, 0.15) is 5.82 Å². The number of nitrogens with one attached hydrogen (secondary N) is 2. The highest BCUT2D eigenvalue weighted by molar-refractivity contribution is 7.99. The molecule has 0 saturated heterocycles. The molecule has 0 aromatic heterocycles. The van der Waals surface area contributed by atoms with Gasteiger partial charge < -0.3 is 15.7 Å². The average Bonchev–Trinajstić information content (AvgIpc) is 2.42. The Bertz CT molecular complexity index is 539. The molecule has 122 valence electrons. The minimum Gasteiger partial charge on any atom is -0.388 e. The van der Waals surface area contributed by atoms with Crippen molar-refractivity contribution in [3.8, 4) is 0 Å². The smallest absolute Gasteiger partial charge is 0.319 e. The van der Waals surface area contributed by atoms with Crippen LogP contribution in [0, 0.1) is 5.82 Å². The molecule has 0 atom stereocenters. The van der Waals surface area contributed by atoms with Gasteiger partial charge in [-0.05, 0) is 37.5 Å². The summed E-state index contributed by atoms with van der Waals surface area (Å²) in [6, 6.07) is 2.96. The summed E-state index contributed by atoms with van der Waals surface area (Å²) in [4.78, 5) is 12.1. The minimum atomic E-state index is -2.50. The van der Waals surface area contributed by atoms with Gasteiger partial charge in [-0.25, -0.2) is 18.0 Å². The highest BCUT2D eigenvalue weighted by atomic mass is 32.2. The lowest BCUT2D eigenvalue weighted by Crippen LogP contribution is -2.48. The van der Waals surface area contributed by atoms with Crippen LogP contribution in [0.1, 0.15) is 19.3 Å². The van der Waals surface area contributed by atoms with Gasteiger partial charge in [-0.15, -0.1) is 11.8 Å². The largest absolute Gasteiger partial charge is 0.388 e. The van der Waals surface area contributed by atoms with Gasteiger partial charge in [0.2, 0.25) is 6.43 Å². The molecule has 4 nitrogen and oxygen atoms in total. The van der Waals surface area contributed by atoms with Crippen molar-refractivity contribution in [2.75, 3.05) is 17.6 Å². The zero-order valence-corrected chi connectivity index (χ0v) is 12.6. The fourth-order valence-corrected chi connectivity index (χ4v) is 2.79. The molecule has 1 saturated carbocycles. The van der Waals surface area contributed by atoms with E-state index in [0.717, 1.165) is 30.3 Å². The molecule has 1 aliphatic carbocycles. The topological polar surface area (TPSA) is 61.4 Å². The van der Waals surface area contributed by atoms with Crippen LogP contribution in [0.4, 0.5) is 23.7 Å². The van der Waals surface area contributed by atoms with Gasteiger partial charge in [0.15, 0.2) is 0 Å². The zero-order chi connectivity index (χ0) is 16.2. The number of halogens is 3. The first kappa shape index (κ1) is 17.0. The number of hydrogen-bond donors (Lipinski definition) is 3. The van der Waals surface area contributed by atoms with Crippen LogP contribution in [-0.2, 0) is 0 Å². The molecule has 2 amide bonds. The van der Waals surface area contributed by atoms with Crippen molar-refractivity contribution in [3.05, 3.63) is 24.0 Å². The number of alkyl halides is 2. The number of amides is 2. The predicted octanol–water partition coefficient (Wildman–Crippen LogP) is 3.22. The molecule has 8 heteroatoms. The Morgan fingerprint density at radius 3 is 2.73 bits per heavy atom. The van der Waals surface area contributed by atoms with E-state index in [-0.39, 0.29) is 12.2 Å². The molecule has 0 radical (unpaired) electrons. The maximum absolute atomic E-state index is 13.3. The first-order valence-corrected chi connectivity index (χ1v) is 7.84. The van der Waals surface area contributed by atoms with Crippen molar-refractivity contribution in [2.45, 2.75) is 36.2 Å². The predicted molar refractivity (Wildman–Crippen MR) is 79.0 cm³/mol. The van der Waals surface area contributed by atoms with E-state index >= 15 is 0 Å². The highest BCUT2D eigenvalue weighted by Gasteiger charge is 2.34. The Hall–Kier alpha value is -1.41. The maximum Gasteiger partial charge on any atom is 0.319 e. The number of carbonyl (C=O) groups is 1. The summed E-state index contributed by atoms with van der Waals surface area (Å²) in [6.07, 6.45) is -0.326. The molecule has 1 fully saturated rings. The third kappa shape index (κ3) is 4.81. The summed E-state index contributed by atoms with van der Waals surface area (Å²) in [6.45, 7) is 0.105. The molecule has 0 aliphatic heterocycles. The molecule has 22 heavy (non-hydrogen) atoms. The number of benzene rings is 1. The normalized spacial score (nSPS) is 16.2. The van der Waals surface area contributed by atoms with Crippen LogP contribution in [0.15, 0.2) is 23.1 Å². The number of anilines is 1. The van der Waals surface area contributed by atoms with E-state index in [0.29, 0.717) is 17.7 Å². The first-order valence-electron chi connectivity index (χ1n) is 6.86. The van der Waals surface area contributed by atoms with Gasteiger partial charge in [-0.2, -0.15) is 0 Å². The molecular weight excluding hydrogens is 317 g/mol. The van der Waals surface area contributed by atoms with Gasteiger partial charge in [-0.3, -0.25) is 0 Å². The van der Waals surface area contributed by atoms with Crippen LogP contribution in [0.3, 0.4) is 0 Å². The van der Waals surface area contributed by atoms with Crippen molar-refractivity contribution < 1.29 is 23.1 Å². The lowest BCUT2D eigenvalue weighted by Gasteiger charge is -2.36. The van der Waals surface area contributed by atoms with Crippen LogP contribution >= 0.6 is 11.8 Å². The van der Waals surface area contributed by atoms with E-state index in [1.807, 2.05) is 0 Å². The molecule has 0 heterocycles. The Morgan fingerprint density at radius 2 is 2.14 bits per heavy atom. The van der Waals surface area contributed by atoms with E-state index in [1.54, 1.807) is 0 Å². The van der Waals surface area contributed by atoms with Crippen molar-refractivity contribution in [1.82, 2.24) is 5.32 Å². The summed E-state index contributed by atoms with van der Waals surface area (Å²) in [5, 5.41) is 14.8. The molecule has 0 bridgehead atoms. The molecule has 2 rings (SSSR count). The first-order chi connectivity index (χ1) is 10.4. The van der Waals surface area contributed by atoms with E-state index in [9.17, 15) is 23.1 Å². The van der Waals surface area contributed by atoms with Crippen LogP contribution in [0.2, 0.25) is 0 Å². The van der Waals surface area contributed by atoms with Gasteiger partial charge in [-0.1, -0.05) is 0 Å². The number of urea groups is 1. The summed E-state index contributed by atoms with van der Waals surface area (Å²) in [5.41, 5.74) is -0.740. The van der Waals surface area contributed by atoms with Gasteiger partial charge in [0.25, 0.3) is 0 Å². The van der Waals surface area contributed by atoms with Gasteiger partial charge >= 0.3 is 6.03 Å².